The molecule has 1 heterocycles. The van der Waals surface area contributed by atoms with Crippen LogP contribution in [0.3, 0.4) is 0 Å². The van der Waals surface area contributed by atoms with E-state index in [9.17, 15) is 9.59 Å². The summed E-state index contributed by atoms with van der Waals surface area (Å²) in [6.45, 7) is 0. The van der Waals surface area contributed by atoms with Crippen molar-refractivity contribution < 1.29 is 9.53 Å². The number of rotatable bonds is 1. The van der Waals surface area contributed by atoms with Crippen molar-refractivity contribution in [1.29, 1.82) is 0 Å². The number of nitrogens with one attached hydrogen (secondary N) is 1. The quantitative estimate of drug-likeness (QED) is 0.731. The van der Waals surface area contributed by atoms with E-state index >= 15 is 0 Å². The Hall–Kier alpha value is -1.00. The van der Waals surface area contributed by atoms with Gasteiger partial charge in [0.25, 0.3) is 5.56 Å². The first-order valence-electron chi connectivity index (χ1n) is 3.23. The van der Waals surface area contributed by atoms with Crippen LogP contribution in [0.25, 0.3) is 0 Å². The zero-order chi connectivity index (χ0) is 10.0. The number of esters is 1. The van der Waals surface area contributed by atoms with Crippen LogP contribution in [0.15, 0.2) is 10.9 Å². The van der Waals surface area contributed by atoms with Crippen molar-refractivity contribution >= 4 is 29.2 Å². The Balaban J connectivity index is 3.32. The summed E-state index contributed by atoms with van der Waals surface area (Å²) in [5.74, 6) is -0.709. The minimum atomic E-state index is -0.709. The lowest BCUT2D eigenvalue weighted by molar-refractivity contribution is 0.0594. The van der Waals surface area contributed by atoms with E-state index in [-0.39, 0.29) is 15.7 Å². The summed E-state index contributed by atoms with van der Waals surface area (Å²) in [5, 5.41) is -0.0193. The predicted octanol–water partition coefficient (Wildman–Crippen LogP) is 1.47. The molecule has 0 aliphatic carbocycles. The fourth-order valence-electron chi connectivity index (χ4n) is 0.733. The van der Waals surface area contributed by atoms with Gasteiger partial charge in [-0.15, -0.1) is 0 Å². The van der Waals surface area contributed by atoms with Gasteiger partial charge in [-0.2, -0.15) is 0 Å². The molecule has 1 aromatic heterocycles. The highest BCUT2D eigenvalue weighted by atomic mass is 35.5. The van der Waals surface area contributed by atoms with Gasteiger partial charge in [-0.1, -0.05) is 23.2 Å². The predicted molar refractivity (Wildman–Crippen MR) is 48.4 cm³/mol. The number of H-pyrrole nitrogens is 1. The van der Waals surface area contributed by atoms with Crippen LogP contribution in [-0.2, 0) is 4.74 Å². The van der Waals surface area contributed by atoms with Crippen LogP contribution in [0, 0.1) is 0 Å². The van der Waals surface area contributed by atoms with Crippen LogP contribution in [0.2, 0.25) is 10.0 Å². The number of aromatic nitrogens is 1. The summed E-state index contributed by atoms with van der Waals surface area (Å²) in [6, 6.07) is 1.19. The second kappa shape index (κ2) is 3.81. The van der Waals surface area contributed by atoms with E-state index in [1.54, 1.807) is 0 Å². The second-order valence-electron chi connectivity index (χ2n) is 2.16. The topological polar surface area (TPSA) is 59.2 Å². The molecule has 1 rings (SSSR count). The van der Waals surface area contributed by atoms with Crippen LogP contribution in [0.4, 0.5) is 0 Å². The summed E-state index contributed by atoms with van der Waals surface area (Å²) in [5.41, 5.74) is -0.676. The number of aromatic amines is 1. The average Bonchev–Trinajstić information content (AvgIpc) is 2.10. The van der Waals surface area contributed by atoms with Gasteiger partial charge in [0.1, 0.15) is 10.7 Å². The Labute approximate surface area is 83.4 Å². The third-order valence-corrected chi connectivity index (χ3v) is 1.92. The van der Waals surface area contributed by atoms with Crippen molar-refractivity contribution in [2.45, 2.75) is 0 Å². The number of carbonyl (C=O) groups excluding carboxylic acids is 1. The van der Waals surface area contributed by atoms with Gasteiger partial charge in [0, 0.05) is 0 Å². The van der Waals surface area contributed by atoms with Crippen molar-refractivity contribution in [2.24, 2.45) is 0 Å². The molecule has 0 saturated carbocycles. The van der Waals surface area contributed by atoms with Crippen molar-refractivity contribution in [3.63, 3.8) is 0 Å². The largest absolute Gasteiger partial charge is 0.464 e. The first-order chi connectivity index (χ1) is 6.06. The van der Waals surface area contributed by atoms with Gasteiger partial charge in [0.15, 0.2) is 0 Å². The maximum Gasteiger partial charge on any atom is 0.356 e. The number of methoxy groups -OCH3 is 1. The summed E-state index contributed by atoms with van der Waals surface area (Å²) in [6.07, 6.45) is 0. The van der Waals surface area contributed by atoms with Gasteiger partial charge in [0.2, 0.25) is 0 Å². The third kappa shape index (κ3) is 2.02. The number of pyridine rings is 1. The zero-order valence-corrected chi connectivity index (χ0v) is 8.07. The molecular formula is C7H5Cl2NO3. The van der Waals surface area contributed by atoms with E-state index in [2.05, 4.69) is 9.72 Å². The van der Waals surface area contributed by atoms with Crippen LogP contribution >= 0.6 is 23.2 Å². The molecule has 0 unspecified atom stereocenters. The van der Waals surface area contributed by atoms with E-state index in [1.165, 1.54) is 13.2 Å². The Bertz CT molecular complexity index is 399. The Morgan fingerprint density at radius 2 is 2.08 bits per heavy atom. The van der Waals surface area contributed by atoms with Gasteiger partial charge >= 0.3 is 5.97 Å². The van der Waals surface area contributed by atoms with Gasteiger partial charge in [0.05, 0.1) is 12.1 Å². The van der Waals surface area contributed by atoms with E-state index in [4.69, 9.17) is 23.2 Å². The van der Waals surface area contributed by atoms with E-state index in [0.717, 1.165) is 0 Å². The lowest BCUT2D eigenvalue weighted by atomic mass is 10.3. The highest BCUT2D eigenvalue weighted by Gasteiger charge is 2.13. The normalized spacial score (nSPS) is 9.77. The maximum atomic E-state index is 11.0. The molecule has 4 nitrogen and oxygen atoms in total. The monoisotopic (exact) mass is 221 g/mol. The first-order valence-corrected chi connectivity index (χ1v) is 3.98. The van der Waals surface area contributed by atoms with Crippen LogP contribution in [0.5, 0.6) is 0 Å². The number of halogens is 2. The molecule has 1 aromatic rings. The maximum absolute atomic E-state index is 11.0. The number of hydrogen-bond donors (Lipinski definition) is 1. The highest BCUT2D eigenvalue weighted by Crippen LogP contribution is 2.15. The van der Waals surface area contributed by atoms with E-state index < -0.39 is 11.5 Å². The Morgan fingerprint density at radius 1 is 1.46 bits per heavy atom. The smallest absolute Gasteiger partial charge is 0.356 e. The van der Waals surface area contributed by atoms with Gasteiger partial charge in [-0.25, -0.2) is 4.79 Å². The van der Waals surface area contributed by atoms with Crippen LogP contribution in [0.1, 0.15) is 10.5 Å². The molecule has 70 valence electrons. The molecule has 0 amide bonds. The van der Waals surface area contributed by atoms with E-state index in [0.29, 0.717) is 0 Å². The molecule has 13 heavy (non-hydrogen) atoms. The minimum Gasteiger partial charge on any atom is -0.464 e. The highest BCUT2D eigenvalue weighted by molar-refractivity contribution is 6.36. The summed E-state index contributed by atoms with van der Waals surface area (Å²) < 4.78 is 4.38. The Morgan fingerprint density at radius 3 is 2.62 bits per heavy atom. The molecule has 0 atom stereocenters. The van der Waals surface area contributed by atoms with Crippen molar-refractivity contribution in [3.8, 4) is 0 Å². The van der Waals surface area contributed by atoms with Crippen LogP contribution in [-0.4, -0.2) is 18.1 Å². The number of hydrogen-bond acceptors (Lipinski definition) is 3. The molecule has 0 aliphatic heterocycles. The van der Waals surface area contributed by atoms with Crippen molar-refractivity contribution in [3.05, 3.63) is 32.2 Å². The molecular weight excluding hydrogens is 217 g/mol. The molecule has 1 N–H and O–H groups in total. The lowest BCUT2D eigenvalue weighted by Gasteiger charge is -2.01. The van der Waals surface area contributed by atoms with Crippen LogP contribution < -0.4 is 5.56 Å². The molecule has 0 spiro atoms. The fourth-order valence-corrected chi connectivity index (χ4v) is 1.18. The van der Waals surface area contributed by atoms with Gasteiger partial charge in [-0.05, 0) is 6.07 Å². The summed E-state index contributed by atoms with van der Waals surface area (Å²) >= 11 is 11.1. The average molecular weight is 222 g/mol. The van der Waals surface area contributed by atoms with Gasteiger partial charge in [-0.3, -0.25) is 4.79 Å². The second-order valence-corrected chi connectivity index (χ2v) is 2.98. The summed E-state index contributed by atoms with van der Waals surface area (Å²) in [7, 11) is 1.19. The minimum absolute atomic E-state index is 0.0523. The first kappa shape index (κ1) is 10.1. The molecule has 0 radical (unpaired) electrons. The van der Waals surface area contributed by atoms with E-state index in [1.807, 2.05) is 0 Å². The van der Waals surface area contributed by atoms with Crippen molar-refractivity contribution in [1.82, 2.24) is 4.98 Å². The lowest BCUT2D eigenvalue weighted by Crippen LogP contribution is -2.14. The van der Waals surface area contributed by atoms with Gasteiger partial charge < -0.3 is 9.72 Å². The standard InChI is InChI=1S/C7H5Cl2NO3/c1-13-7(12)5-3(8)2-4(9)6(11)10-5/h2H,1H3,(H,10,11). The zero-order valence-electron chi connectivity index (χ0n) is 6.56. The summed E-state index contributed by atoms with van der Waals surface area (Å²) in [4.78, 5) is 24.1. The third-order valence-electron chi connectivity index (χ3n) is 1.34. The molecule has 0 saturated heterocycles. The number of ether oxygens (including phenoxy) is 1. The molecule has 0 aliphatic rings. The number of carbonyl (C=O) groups is 1. The molecule has 0 fully saturated rings. The van der Waals surface area contributed by atoms with Crippen molar-refractivity contribution in [2.75, 3.05) is 7.11 Å². The molecule has 0 bridgehead atoms. The SMILES string of the molecule is COC(=O)c1[nH]c(=O)c(Cl)cc1Cl. The Kier molecular flexibility index (Phi) is 2.95. The molecule has 6 heteroatoms. The fraction of sp³-hybridized carbons (Fsp3) is 0.143. The molecule has 0 aromatic carbocycles.